The number of pyridine rings is 1. The van der Waals surface area contributed by atoms with Gasteiger partial charge < -0.3 is 10.3 Å². The third-order valence-corrected chi connectivity index (χ3v) is 3.34. The first-order valence-corrected chi connectivity index (χ1v) is 6.58. The van der Waals surface area contributed by atoms with Gasteiger partial charge in [0.2, 0.25) is 0 Å². The number of para-hydroxylation sites is 1. The number of aryl methyl sites for hydroxylation is 1. The van der Waals surface area contributed by atoms with Crippen molar-refractivity contribution in [1.82, 2.24) is 9.55 Å². The minimum absolute atomic E-state index is 0. The molecule has 108 valence electrons. The van der Waals surface area contributed by atoms with Crippen LogP contribution >= 0.6 is 12.4 Å². The van der Waals surface area contributed by atoms with Crippen LogP contribution in [0.5, 0.6) is 0 Å². The molecule has 0 aliphatic heterocycles. The number of nitrogens with two attached hydrogens (primary N) is 1. The fourth-order valence-corrected chi connectivity index (χ4v) is 2.41. The Kier molecular flexibility index (Phi) is 4.60. The third-order valence-electron chi connectivity index (χ3n) is 3.34. The molecule has 0 atom stereocenters. The van der Waals surface area contributed by atoms with Gasteiger partial charge in [0, 0.05) is 30.1 Å². The average Bonchev–Trinajstić information content (AvgIpc) is 2.84. The van der Waals surface area contributed by atoms with Crippen LogP contribution in [-0.4, -0.2) is 15.4 Å². The molecule has 3 N–H and O–H groups in total. The largest absolute Gasteiger partial charge is 0.388 e. The Labute approximate surface area is 129 Å². The lowest BCUT2D eigenvalue weighted by atomic mass is 10.2. The smallest absolute Gasteiger partial charge is 0.0923 e. The van der Waals surface area contributed by atoms with E-state index in [0.29, 0.717) is 13.0 Å². The number of amidine groups is 1. The van der Waals surface area contributed by atoms with Crippen molar-refractivity contribution in [3.63, 3.8) is 0 Å². The summed E-state index contributed by atoms with van der Waals surface area (Å²) < 4.78 is 2.18. The summed E-state index contributed by atoms with van der Waals surface area (Å²) in [4.78, 5) is 4.43. The Hall–Kier alpha value is -2.33. The monoisotopic (exact) mass is 300 g/mol. The maximum absolute atomic E-state index is 7.43. The SMILES string of the molecule is Cl.N=C(N)CCn1c(-c2ccccn2)cc2ccccc21. The quantitative estimate of drug-likeness (QED) is 0.572. The number of fused-ring (bicyclic) bond motifs is 1. The molecule has 0 radical (unpaired) electrons. The van der Waals surface area contributed by atoms with Crippen molar-refractivity contribution in [3.8, 4) is 11.4 Å². The number of benzene rings is 1. The van der Waals surface area contributed by atoms with Crippen LogP contribution in [0.1, 0.15) is 6.42 Å². The molecule has 4 nitrogen and oxygen atoms in total. The van der Waals surface area contributed by atoms with Crippen molar-refractivity contribution in [1.29, 1.82) is 5.41 Å². The van der Waals surface area contributed by atoms with E-state index in [4.69, 9.17) is 11.1 Å². The van der Waals surface area contributed by atoms with Crippen molar-refractivity contribution in [2.45, 2.75) is 13.0 Å². The van der Waals surface area contributed by atoms with Crippen LogP contribution < -0.4 is 5.73 Å². The van der Waals surface area contributed by atoms with Crippen molar-refractivity contribution in [2.24, 2.45) is 5.73 Å². The standard InChI is InChI=1S/C16H16N4.ClH/c17-16(18)8-10-20-14-7-2-1-5-12(14)11-15(20)13-6-3-4-9-19-13;/h1-7,9,11H,8,10H2,(H3,17,18);1H. The van der Waals surface area contributed by atoms with Gasteiger partial charge in [0.1, 0.15) is 0 Å². The maximum atomic E-state index is 7.43. The fourth-order valence-electron chi connectivity index (χ4n) is 2.41. The Morgan fingerprint density at radius 2 is 1.90 bits per heavy atom. The highest BCUT2D eigenvalue weighted by atomic mass is 35.5. The van der Waals surface area contributed by atoms with Gasteiger partial charge in [-0.2, -0.15) is 0 Å². The second kappa shape index (κ2) is 6.41. The molecule has 0 spiro atoms. The molecule has 0 fully saturated rings. The summed E-state index contributed by atoms with van der Waals surface area (Å²) in [6.45, 7) is 0.689. The van der Waals surface area contributed by atoms with Gasteiger partial charge in [-0.1, -0.05) is 24.3 Å². The molecule has 0 saturated carbocycles. The van der Waals surface area contributed by atoms with Crippen molar-refractivity contribution >= 4 is 29.1 Å². The summed E-state index contributed by atoms with van der Waals surface area (Å²) in [5, 5.41) is 8.61. The summed E-state index contributed by atoms with van der Waals surface area (Å²) in [6, 6.07) is 16.3. The molecule has 0 unspecified atom stereocenters. The van der Waals surface area contributed by atoms with E-state index < -0.39 is 0 Å². The molecule has 2 aromatic heterocycles. The maximum Gasteiger partial charge on any atom is 0.0923 e. The summed E-state index contributed by atoms with van der Waals surface area (Å²) in [5.41, 5.74) is 8.64. The van der Waals surface area contributed by atoms with E-state index >= 15 is 0 Å². The topological polar surface area (TPSA) is 67.7 Å². The van der Waals surface area contributed by atoms with Crippen molar-refractivity contribution in [3.05, 3.63) is 54.7 Å². The lowest BCUT2D eigenvalue weighted by molar-refractivity contribution is 0.755. The zero-order valence-electron chi connectivity index (χ0n) is 11.5. The van der Waals surface area contributed by atoms with Crippen LogP contribution in [0.4, 0.5) is 0 Å². The molecule has 5 heteroatoms. The molecule has 21 heavy (non-hydrogen) atoms. The predicted octanol–water partition coefficient (Wildman–Crippen LogP) is 3.45. The van der Waals surface area contributed by atoms with Crippen LogP contribution in [0.15, 0.2) is 54.7 Å². The number of nitrogens with zero attached hydrogens (tertiary/aromatic N) is 2. The first kappa shape index (κ1) is 15.1. The molecular weight excluding hydrogens is 284 g/mol. The molecule has 2 heterocycles. The van der Waals surface area contributed by atoms with Gasteiger partial charge in [0.25, 0.3) is 0 Å². The lowest BCUT2D eigenvalue weighted by Gasteiger charge is -2.09. The second-order valence-corrected chi connectivity index (χ2v) is 4.73. The minimum Gasteiger partial charge on any atom is -0.388 e. The Bertz CT molecular complexity index is 749. The van der Waals surface area contributed by atoms with Gasteiger partial charge in [-0.15, -0.1) is 12.4 Å². The molecule has 0 bridgehead atoms. The molecule has 0 amide bonds. The Morgan fingerprint density at radius 3 is 2.62 bits per heavy atom. The zero-order valence-corrected chi connectivity index (χ0v) is 12.3. The van der Waals surface area contributed by atoms with Crippen molar-refractivity contribution in [2.75, 3.05) is 0 Å². The highest BCUT2D eigenvalue weighted by Gasteiger charge is 2.11. The molecule has 1 aromatic carbocycles. The molecule has 3 rings (SSSR count). The highest BCUT2D eigenvalue weighted by molar-refractivity contribution is 5.86. The van der Waals surface area contributed by atoms with Gasteiger partial charge in [-0.3, -0.25) is 10.4 Å². The van der Waals surface area contributed by atoms with E-state index in [9.17, 15) is 0 Å². The van der Waals surface area contributed by atoms with Crippen LogP contribution in [0.25, 0.3) is 22.3 Å². The summed E-state index contributed by atoms with van der Waals surface area (Å²) >= 11 is 0. The molecule has 0 aliphatic carbocycles. The summed E-state index contributed by atoms with van der Waals surface area (Å²) in [6.07, 6.45) is 2.33. The first-order chi connectivity index (χ1) is 9.75. The second-order valence-electron chi connectivity index (χ2n) is 4.73. The minimum atomic E-state index is 0. The highest BCUT2D eigenvalue weighted by Crippen LogP contribution is 2.27. The molecule has 0 aliphatic rings. The molecule has 3 aromatic rings. The van der Waals surface area contributed by atoms with E-state index in [1.165, 1.54) is 5.39 Å². The van der Waals surface area contributed by atoms with E-state index in [-0.39, 0.29) is 18.2 Å². The fraction of sp³-hybridized carbons (Fsp3) is 0.125. The number of nitrogens with one attached hydrogen (secondary N) is 1. The normalized spacial score (nSPS) is 10.3. The van der Waals surface area contributed by atoms with Gasteiger partial charge in [0.15, 0.2) is 0 Å². The first-order valence-electron chi connectivity index (χ1n) is 6.58. The predicted molar refractivity (Wildman–Crippen MR) is 88.9 cm³/mol. The van der Waals surface area contributed by atoms with Gasteiger partial charge in [-0.25, -0.2) is 0 Å². The van der Waals surface area contributed by atoms with E-state index in [1.54, 1.807) is 6.20 Å². The number of rotatable bonds is 4. The van der Waals surface area contributed by atoms with Gasteiger partial charge >= 0.3 is 0 Å². The van der Waals surface area contributed by atoms with Crippen LogP contribution in [0.2, 0.25) is 0 Å². The molecule has 0 saturated heterocycles. The Morgan fingerprint density at radius 1 is 1.14 bits per heavy atom. The number of aromatic nitrogens is 2. The van der Waals surface area contributed by atoms with E-state index in [1.807, 2.05) is 30.3 Å². The van der Waals surface area contributed by atoms with Crippen LogP contribution in [0, 0.1) is 5.41 Å². The molecular formula is C16H17ClN4. The zero-order chi connectivity index (χ0) is 13.9. The Balaban J connectivity index is 0.00000161. The number of halogens is 1. The van der Waals surface area contributed by atoms with Crippen molar-refractivity contribution < 1.29 is 0 Å². The number of hydrogen-bond acceptors (Lipinski definition) is 2. The van der Waals surface area contributed by atoms with Gasteiger partial charge in [-0.05, 0) is 24.3 Å². The lowest BCUT2D eigenvalue weighted by Crippen LogP contribution is -2.13. The number of hydrogen-bond donors (Lipinski definition) is 2. The van der Waals surface area contributed by atoms with Crippen LogP contribution in [-0.2, 0) is 6.54 Å². The summed E-state index contributed by atoms with van der Waals surface area (Å²) in [7, 11) is 0. The third kappa shape index (κ3) is 3.06. The van der Waals surface area contributed by atoms with Crippen LogP contribution in [0.3, 0.4) is 0 Å². The van der Waals surface area contributed by atoms with E-state index in [2.05, 4.69) is 27.8 Å². The van der Waals surface area contributed by atoms with Gasteiger partial charge in [0.05, 0.1) is 17.2 Å². The average molecular weight is 301 g/mol. The van der Waals surface area contributed by atoms with E-state index in [0.717, 1.165) is 16.9 Å². The summed E-state index contributed by atoms with van der Waals surface area (Å²) in [5.74, 6) is 0.203.